The SMILES string of the molecule is Cc1oc(-c2ccc(NC(=O)c3cccnc3)cc2)nc1CNC(=O)c1scc2c1CCCC2. The van der Waals surface area contributed by atoms with E-state index in [-0.39, 0.29) is 11.8 Å². The Labute approximate surface area is 201 Å². The van der Waals surface area contributed by atoms with Crippen LogP contribution in [0.4, 0.5) is 5.69 Å². The Morgan fingerprint density at radius 2 is 1.91 bits per heavy atom. The number of thiophene rings is 1. The molecule has 0 spiro atoms. The molecule has 0 saturated heterocycles. The standard InChI is InChI=1S/C26H24N4O3S/c1-16-22(14-28-25(32)23-21-7-3-2-5-19(21)15-34-23)30-26(33-16)17-8-10-20(11-9-17)29-24(31)18-6-4-12-27-13-18/h4,6,8-13,15H,2-3,5,7,14H2,1H3,(H,28,32)(H,29,31). The zero-order chi connectivity index (χ0) is 23.5. The first-order valence-corrected chi connectivity index (χ1v) is 12.1. The molecule has 2 amide bonds. The molecule has 0 atom stereocenters. The van der Waals surface area contributed by atoms with Gasteiger partial charge in [-0.05, 0) is 85.5 Å². The van der Waals surface area contributed by atoms with Crippen molar-refractivity contribution in [3.05, 3.63) is 87.2 Å². The molecule has 7 nitrogen and oxygen atoms in total. The van der Waals surface area contributed by atoms with E-state index in [1.54, 1.807) is 30.5 Å². The second-order valence-electron chi connectivity index (χ2n) is 8.25. The molecule has 0 unspecified atom stereocenters. The zero-order valence-electron chi connectivity index (χ0n) is 18.8. The highest BCUT2D eigenvalue weighted by Gasteiger charge is 2.21. The minimum atomic E-state index is -0.224. The molecule has 1 aliphatic carbocycles. The number of aryl methyl sites for hydroxylation is 2. The van der Waals surface area contributed by atoms with Crippen LogP contribution in [0.3, 0.4) is 0 Å². The molecule has 34 heavy (non-hydrogen) atoms. The van der Waals surface area contributed by atoms with Gasteiger partial charge >= 0.3 is 0 Å². The topological polar surface area (TPSA) is 97.1 Å². The molecule has 172 valence electrons. The van der Waals surface area contributed by atoms with Crippen molar-refractivity contribution >= 4 is 28.8 Å². The van der Waals surface area contributed by atoms with Gasteiger partial charge in [0.25, 0.3) is 11.8 Å². The Morgan fingerprint density at radius 1 is 1.09 bits per heavy atom. The maximum Gasteiger partial charge on any atom is 0.261 e. The van der Waals surface area contributed by atoms with E-state index in [9.17, 15) is 9.59 Å². The number of nitrogens with one attached hydrogen (secondary N) is 2. The van der Waals surface area contributed by atoms with Crippen molar-refractivity contribution in [3.63, 3.8) is 0 Å². The van der Waals surface area contributed by atoms with Crippen LogP contribution in [-0.4, -0.2) is 21.8 Å². The number of rotatable bonds is 6. The summed E-state index contributed by atoms with van der Waals surface area (Å²) in [5, 5.41) is 7.96. The van der Waals surface area contributed by atoms with Gasteiger partial charge in [0, 0.05) is 23.6 Å². The third-order valence-electron chi connectivity index (χ3n) is 5.93. The average molecular weight is 473 g/mol. The van der Waals surface area contributed by atoms with E-state index < -0.39 is 0 Å². The number of anilines is 1. The highest BCUT2D eigenvalue weighted by atomic mass is 32.1. The van der Waals surface area contributed by atoms with Gasteiger partial charge in [-0.2, -0.15) is 0 Å². The number of oxazole rings is 1. The molecular formula is C26H24N4O3S. The lowest BCUT2D eigenvalue weighted by Gasteiger charge is -2.12. The van der Waals surface area contributed by atoms with Gasteiger partial charge in [0.15, 0.2) is 0 Å². The molecule has 0 saturated carbocycles. The molecule has 1 aromatic carbocycles. The predicted octanol–water partition coefficient (Wildman–Crippen LogP) is 5.17. The van der Waals surface area contributed by atoms with Crippen LogP contribution in [0.15, 0.2) is 58.6 Å². The highest BCUT2D eigenvalue weighted by molar-refractivity contribution is 7.12. The first kappa shape index (κ1) is 22.0. The Morgan fingerprint density at radius 3 is 2.71 bits per heavy atom. The minimum Gasteiger partial charge on any atom is -0.441 e. The third kappa shape index (κ3) is 4.63. The largest absolute Gasteiger partial charge is 0.441 e. The van der Waals surface area contributed by atoms with Gasteiger partial charge in [0.1, 0.15) is 11.5 Å². The number of carbonyl (C=O) groups excluding carboxylic acids is 2. The van der Waals surface area contributed by atoms with Gasteiger partial charge in [-0.15, -0.1) is 11.3 Å². The van der Waals surface area contributed by atoms with E-state index in [4.69, 9.17) is 4.42 Å². The first-order chi connectivity index (χ1) is 16.6. The molecule has 0 bridgehead atoms. The van der Waals surface area contributed by atoms with Crippen molar-refractivity contribution in [2.75, 3.05) is 5.32 Å². The van der Waals surface area contributed by atoms with Gasteiger partial charge < -0.3 is 15.1 Å². The molecule has 3 aromatic heterocycles. The van der Waals surface area contributed by atoms with E-state index in [0.29, 0.717) is 35.1 Å². The summed E-state index contributed by atoms with van der Waals surface area (Å²) in [5.74, 6) is 0.863. The zero-order valence-corrected chi connectivity index (χ0v) is 19.6. The third-order valence-corrected chi connectivity index (χ3v) is 7.00. The highest BCUT2D eigenvalue weighted by Crippen LogP contribution is 2.30. The molecule has 4 aromatic rings. The fraction of sp³-hybridized carbons (Fsp3) is 0.231. The molecule has 0 fully saturated rings. The smallest absolute Gasteiger partial charge is 0.261 e. The van der Waals surface area contributed by atoms with Gasteiger partial charge in [-0.3, -0.25) is 14.6 Å². The van der Waals surface area contributed by atoms with Crippen molar-refractivity contribution in [1.82, 2.24) is 15.3 Å². The summed E-state index contributed by atoms with van der Waals surface area (Å²) in [6.45, 7) is 2.15. The van der Waals surface area contributed by atoms with Gasteiger partial charge in [-0.1, -0.05) is 0 Å². The van der Waals surface area contributed by atoms with Crippen molar-refractivity contribution < 1.29 is 14.0 Å². The van der Waals surface area contributed by atoms with Crippen molar-refractivity contribution in [3.8, 4) is 11.5 Å². The van der Waals surface area contributed by atoms with E-state index in [2.05, 4.69) is 26.0 Å². The summed E-state index contributed by atoms with van der Waals surface area (Å²) in [4.78, 5) is 34.4. The molecule has 8 heteroatoms. The first-order valence-electron chi connectivity index (χ1n) is 11.2. The number of amides is 2. The number of pyridine rings is 1. The number of benzene rings is 1. The predicted molar refractivity (Wildman–Crippen MR) is 131 cm³/mol. The molecule has 0 radical (unpaired) electrons. The van der Waals surface area contributed by atoms with Crippen LogP contribution in [0.25, 0.3) is 11.5 Å². The fourth-order valence-corrected chi connectivity index (χ4v) is 5.14. The van der Waals surface area contributed by atoms with Crippen molar-refractivity contribution in [2.24, 2.45) is 0 Å². The second-order valence-corrected chi connectivity index (χ2v) is 9.13. The normalized spacial score (nSPS) is 12.7. The van der Waals surface area contributed by atoms with Gasteiger partial charge in [-0.25, -0.2) is 4.98 Å². The molecular weight excluding hydrogens is 448 g/mol. The van der Waals surface area contributed by atoms with E-state index in [0.717, 1.165) is 29.7 Å². The van der Waals surface area contributed by atoms with Gasteiger partial charge in [0.05, 0.1) is 17.0 Å². The summed E-state index contributed by atoms with van der Waals surface area (Å²) in [6, 6.07) is 10.7. The minimum absolute atomic E-state index is 0.0502. The quantitative estimate of drug-likeness (QED) is 0.404. The Hall–Kier alpha value is -3.78. The lowest BCUT2D eigenvalue weighted by Crippen LogP contribution is -2.24. The number of aromatic nitrogens is 2. The van der Waals surface area contributed by atoms with Gasteiger partial charge in [0.2, 0.25) is 5.89 Å². The molecule has 3 heterocycles. The Balaban J connectivity index is 1.23. The Bertz CT molecular complexity index is 1330. The summed E-state index contributed by atoms with van der Waals surface area (Å²) in [7, 11) is 0. The van der Waals surface area contributed by atoms with E-state index >= 15 is 0 Å². The van der Waals surface area contributed by atoms with Crippen molar-refractivity contribution in [2.45, 2.75) is 39.2 Å². The van der Waals surface area contributed by atoms with Crippen molar-refractivity contribution in [1.29, 1.82) is 0 Å². The monoisotopic (exact) mass is 472 g/mol. The van der Waals surface area contributed by atoms with Crippen LogP contribution in [-0.2, 0) is 19.4 Å². The lowest BCUT2D eigenvalue weighted by atomic mass is 9.94. The Kier molecular flexibility index (Phi) is 6.22. The van der Waals surface area contributed by atoms with E-state index in [1.807, 2.05) is 19.1 Å². The van der Waals surface area contributed by atoms with Crippen LogP contribution < -0.4 is 10.6 Å². The molecule has 5 rings (SSSR count). The number of hydrogen-bond acceptors (Lipinski definition) is 6. The summed E-state index contributed by atoms with van der Waals surface area (Å²) < 4.78 is 5.85. The fourth-order valence-electron chi connectivity index (χ4n) is 4.07. The van der Waals surface area contributed by atoms with Crippen LogP contribution >= 0.6 is 11.3 Å². The van der Waals surface area contributed by atoms with Crippen LogP contribution in [0.5, 0.6) is 0 Å². The maximum absolute atomic E-state index is 12.8. The summed E-state index contributed by atoms with van der Waals surface area (Å²) in [6.07, 6.45) is 7.53. The number of nitrogens with zero attached hydrogens (tertiary/aromatic N) is 2. The average Bonchev–Trinajstić information content (AvgIpc) is 3.47. The second kappa shape index (κ2) is 9.61. The number of hydrogen-bond donors (Lipinski definition) is 2. The van der Waals surface area contributed by atoms with Crippen LogP contribution in [0.1, 0.15) is 55.5 Å². The van der Waals surface area contributed by atoms with Crippen LogP contribution in [0, 0.1) is 6.92 Å². The van der Waals surface area contributed by atoms with Crippen LogP contribution in [0.2, 0.25) is 0 Å². The lowest BCUT2D eigenvalue weighted by molar-refractivity contribution is 0.0952. The molecule has 0 aliphatic heterocycles. The summed E-state index contributed by atoms with van der Waals surface area (Å²) in [5.41, 5.74) is 5.16. The maximum atomic E-state index is 12.8. The molecule has 1 aliphatic rings. The van der Waals surface area contributed by atoms with E-state index in [1.165, 1.54) is 35.1 Å². The number of fused-ring (bicyclic) bond motifs is 1. The molecule has 2 N–H and O–H groups in total. The number of carbonyl (C=O) groups is 2. The summed E-state index contributed by atoms with van der Waals surface area (Å²) >= 11 is 1.53.